The third kappa shape index (κ3) is 5.90. The van der Waals surface area contributed by atoms with Gasteiger partial charge in [0.15, 0.2) is 5.16 Å². The molecule has 0 saturated carbocycles. The van der Waals surface area contributed by atoms with Gasteiger partial charge in [-0.1, -0.05) is 53.7 Å². The number of halogens is 1. The SMILES string of the molecule is CCn1c(CC(=O)Nc2ccccc2Cl)nnc1SCC(=O)N1CCN(c2ccccc2)CC1. The number of amides is 2. The lowest BCUT2D eigenvalue weighted by Gasteiger charge is -2.36. The fourth-order valence-corrected chi connectivity index (χ4v) is 4.95. The molecule has 0 radical (unpaired) electrons. The molecule has 0 aliphatic carbocycles. The topological polar surface area (TPSA) is 83.4 Å². The molecule has 1 aliphatic rings. The highest BCUT2D eigenvalue weighted by atomic mass is 35.5. The highest BCUT2D eigenvalue weighted by Crippen LogP contribution is 2.22. The van der Waals surface area contributed by atoms with Crippen LogP contribution in [0, 0.1) is 0 Å². The highest BCUT2D eigenvalue weighted by molar-refractivity contribution is 7.99. The van der Waals surface area contributed by atoms with Crippen molar-refractivity contribution in [3.63, 3.8) is 0 Å². The fraction of sp³-hybridized carbons (Fsp3) is 0.333. The summed E-state index contributed by atoms with van der Waals surface area (Å²) < 4.78 is 1.87. The summed E-state index contributed by atoms with van der Waals surface area (Å²) in [5, 5.41) is 12.3. The molecule has 1 N–H and O–H groups in total. The average Bonchev–Trinajstić information content (AvgIpc) is 3.25. The maximum Gasteiger partial charge on any atom is 0.233 e. The fourth-order valence-electron chi connectivity index (χ4n) is 3.85. The van der Waals surface area contributed by atoms with E-state index in [0.29, 0.717) is 41.3 Å². The number of hydrogen-bond acceptors (Lipinski definition) is 6. The first-order valence-electron chi connectivity index (χ1n) is 11.2. The van der Waals surface area contributed by atoms with Crippen molar-refractivity contribution in [3.8, 4) is 0 Å². The second-order valence-electron chi connectivity index (χ2n) is 7.84. The zero-order chi connectivity index (χ0) is 23.9. The summed E-state index contributed by atoms with van der Waals surface area (Å²) in [5.41, 5.74) is 1.75. The predicted octanol–water partition coefficient (Wildman–Crippen LogP) is 3.57. The van der Waals surface area contributed by atoms with Crippen LogP contribution in [-0.2, 0) is 22.6 Å². The van der Waals surface area contributed by atoms with Crippen LogP contribution in [0.4, 0.5) is 11.4 Å². The summed E-state index contributed by atoms with van der Waals surface area (Å²) in [6.45, 7) is 5.60. The molecule has 8 nitrogen and oxygen atoms in total. The molecule has 1 fully saturated rings. The van der Waals surface area contributed by atoms with Gasteiger partial charge < -0.3 is 19.7 Å². The van der Waals surface area contributed by atoms with Gasteiger partial charge in [0.1, 0.15) is 5.82 Å². The largest absolute Gasteiger partial charge is 0.368 e. The molecule has 1 aromatic heterocycles. The summed E-state index contributed by atoms with van der Waals surface area (Å²) in [6.07, 6.45) is 0.0714. The number of piperazine rings is 1. The monoisotopic (exact) mass is 498 g/mol. The first-order valence-corrected chi connectivity index (χ1v) is 12.6. The Bertz CT molecular complexity index is 1130. The van der Waals surface area contributed by atoms with Gasteiger partial charge in [0.25, 0.3) is 0 Å². The molecular formula is C24H27ClN6O2S. The number of nitrogens with one attached hydrogen (secondary N) is 1. The Morgan fingerprint density at radius 1 is 1.00 bits per heavy atom. The van der Waals surface area contributed by atoms with Crippen LogP contribution in [-0.4, -0.2) is 63.4 Å². The molecule has 178 valence electrons. The van der Waals surface area contributed by atoms with Gasteiger partial charge in [0.05, 0.1) is 22.9 Å². The van der Waals surface area contributed by atoms with Crippen LogP contribution >= 0.6 is 23.4 Å². The summed E-state index contributed by atoms with van der Waals surface area (Å²) in [5.74, 6) is 0.703. The maximum atomic E-state index is 12.8. The second-order valence-corrected chi connectivity index (χ2v) is 9.19. The minimum atomic E-state index is -0.223. The molecule has 3 aromatic rings. The molecule has 0 spiro atoms. The summed E-state index contributed by atoms with van der Waals surface area (Å²) in [7, 11) is 0. The van der Waals surface area contributed by atoms with Crippen LogP contribution in [0.3, 0.4) is 0 Å². The van der Waals surface area contributed by atoms with Crippen molar-refractivity contribution >= 4 is 46.6 Å². The predicted molar refractivity (Wildman–Crippen MR) is 135 cm³/mol. The minimum Gasteiger partial charge on any atom is -0.368 e. The van der Waals surface area contributed by atoms with Crippen LogP contribution < -0.4 is 10.2 Å². The molecule has 10 heteroatoms. The zero-order valence-electron chi connectivity index (χ0n) is 19.0. The standard InChI is InChI=1S/C24H27ClN6O2S/c1-2-31-21(16-22(32)26-20-11-7-6-10-19(20)25)27-28-24(31)34-17-23(33)30-14-12-29(13-15-30)18-8-4-3-5-9-18/h3-11H,2,12-17H2,1H3,(H,26,32). The minimum absolute atomic E-state index is 0.0714. The van der Waals surface area contributed by atoms with Crippen LogP contribution in [0.15, 0.2) is 59.8 Å². The quantitative estimate of drug-likeness (QED) is 0.478. The lowest BCUT2D eigenvalue weighted by atomic mass is 10.2. The van der Waals surface area contributed by atoms with Crippen LogP contribution in [0.25, 0.3) is 0 Å². The van der Waals surface area contributed by atoms with E-state index in [1.165, 1.54) is 17.4 Å². The van der Waals surface area contributed by atoms with Crippen LogP contribution in [0.1, 0.15) is 12.7 Å². The normalized spacial score (nSPS) is 13.7. The molecule has 4 rings (SSSR count). The second kappa shape index (κ2) is 11.4. The van der Waals surface area contributed by atoms with Crippen molar-refractivity contribution < 1.29 is 9.59 Å². The molecule has 1 aliphatic heterocycles. The third-order valence-corrected chi connectivity index (χ3v) is 6.94. The van der Waals surface area contributed by atoms with Gasteiger partial charge >= 0.3 is 0 Å². The van der Waals surface area contributed by atoms with Crippen LogP contribution in [0.2, 0.25) is 5.02 Å². The van der Waals surface area contributed by atoms with Crippen molar-refractivity contribution in [3.05, 3.63) is 65.4 Å². The number of hydrogen-bond donors (Lipinski definition) is 1. The number of carbonyl (C=O) groups is 2. The van der Waals surface area contributed by atoms with Gasteiger partial charge in [0.2, 0.25) is 11.8 Å². The van der Waals surface area contributed by atoms with E-state index in [1.54, 1.807) is 18.2 Å². The Labute approximate surface area is 208 Å². The van der Waals surface area contributed by atoms with E-state index in [1.807, 2.05) is 40.7 Å². The van der Waals surface area contributed by atoms with Gasteiger partial charge in [-0.3, -0.25) is 9.59 Å². The number of aromatic nitrogens is 3. The van der Waals surface area contributed by atoms with Gasteiger partial charge in [0, 0.05) is 38.4 Å². The van der Waals surface area contributed by atoms with E-state index in [4.69, 9.17) is 11.6 Å². The molecule has 2 amide bonds. The smallest absolute Gasteiger partial charge is 0.233 e. The number of para-hydroxylation sites is 2. The maximum absolute atomic E-state index is 12.8. The molecule has 2 heterocycles. The van der Waals surface area contributed by atoms with E-state index in [-0.39, 0.29) is 24.0 Å². The van der Waals surface area contributed by atoms with Crippen LogP contribution in [0.5, 0.6) is 0 Å². The Balaban J connectivity index is 1.29. The van der Waals surface area contributed by atoms with Crippen molar-refractivity contribution in [2.45, 2.75) is 25.0 Å². The Hall–Kier alpha value is -3.04. The van der Waals surface area contributed by atoms with Crippen molar-refractivity contribution in [2.24, 2.45) is 0 Å². The van der Waals surface area contributed by atoms with E-state index in [9.17, 15) is 9.59 Å². The first-order chi connectivity index (χ1) is 16.5. The Morgan fingerprint density at radius 3 is 2.41 bits per heavy atom. The van der Waals surface area contributed by atoms with Crippen molar-refractivity contribution in [1.29, 1.82) is 0 Å². The Kier molecular flexibility index (Phi) is 8.08. The van der Waals surface area contributed by atoms with Gasteiger partial charge in [-0.05, 0) is 31.2 Å². The number of thioether (sulfide) groups is 1. The van der Waals surface area contributed by atoms with Gasteiger partial charge in [-0.15, -0.1) is 10.2 Å². The number of rotatable bonds is 8. The van der Waals surface area contributed by atoms with E-state index >= 15 is 0 Å². The lowest BCUT2D eigenvalue weighted by molar-refractivity contribution is -0.128. The number of benzene rings is 2. The zero-order valence-corrected chi connectivity index (χ0v) is 20.6. The number of carbonyl (C=O) groups excluding carboxylic acids is 2. The lowest BCUT2D eigenvalue weighted by Crippen LogP contribution is -2.49. The van der Waals surface area contributed by atoms with Crippen molar-refractivity contribution in [1.82, 2.24) is 19.7 Å². The molecule has 0 bridgehead atoms. The van der Waals surface area contributed by atoms with Crippen molar-refractivity contribution in [2.75, 3.05) is 42.1 Å². The highest BCUT2D eigenvalue weighted by Gasteiger charge is 2.22. The molecule has 34 heavy (non-hydrogen) atoms. The summed E-state index contributed by atoms with van der Waals surface area (Å²) in [4.78, 5) is 29.5. The molecule has 0 unspecified atom stereocenters. The van der Waals surface area contributed by atoms with E-state index < -0.39 is 0 Å². The Morgan fingerprint density at radius 2 is 1.71 bits per heavy atom. The first kappa shape index (κ1) is 24.1. The molecule has 0 atom stereocenters. The molecule has 1 saturated heterocycles. The van der Waals surface area contributed by atoms with E-state index in [2.05, 4.69) is 32.5 Å². The summed E-state index contributed by atoms with van der Waals surface area (Å²) in [6, 6.07) is 17.3. The number of anilines is 2. The third-order valence-electron chi connectivity index (χ3n) is 5.65. The average molecular weight is 499 g/mol. The molecule has 2 aromatic carbocycles. The van der Waals surface area contributed by atoms with E-state index in [0.717, 1.165) is 13.1 Å². The van der Waals surface area contributed by atoms with Gasteiger partial charge in [-0.2, -0.15) is 0 Å². The van der Waals surface area contributed by atoms with Gasteiger partial charge in [-0.25, -0.2) is 0 Å². The molecular weight excluding hydrogens is 472 g/mol. The number of nitrogens with zero attached hydrogens (tertiary/aromatic N) is 5. The summed E-state index contributed by atoms with van der Waals surface area (Å²) >= 11 is 7.47.